The summed E-state index contributed by atoms with van der Waals surface area (Å²) in [5.74, 6) is -3.16. The number of nitrogens with one attached hydrogen (secondary N) is 2. The van der Waals surface area contributed by atoms with E-state index in [2.05, 4.69) is 5.32 Å². The molecule has 1 saturated carbocycles. The van der Waals surface area contributed by atoms with Crippen LogP contribution in [0.4, 0.5) is 4.39 Å². The first-order valence-corrected chi connectivity index (χ1v) is 7.41. The number of nitrogens with zero attached hydrogens (tertiary/aromatic N) is 1. The van der Waals surface area contributed by atoms with Gasteiger partial charge in [-0.25, -0.2) is 9.59 Å². The predicted octanol–water partition coefficient (Wildman–Crippen LogP) is -0.175. The van der Waals surface area contributed by atoms with Crippen molar-refractivity contribution in [3.63, 3.8) is 0 Å². The number of carboxylic acid groups (broad SMARTS) is 1. The van der Waals surface area contributed by atoms with Crippen LogP contribution in [0.3, 0.4) is 0 Å². The van der Waals surface area contributed by atoms with E-state index in [0.717, 1.165) is 23.8 Å². The number of amides is 1. The van der Waals surface area contributed by atoms with Crippen LogP contribution in [0.5, 0.6) is 0 Å². The van der Waals surface area contributed by atoms with Gasteiger partial charge in [0.2, 0.25) is 11.7 Å². The lowest BCUT2D eigenvalue weighted by atomic mass is 9.88. The van der Waals surface area contributed by atoms with Gasteiger partial charge in [0.1, 0.15) is 6.04 Å². The van der Waals surface area contributed by atoms with Gasteiger partial charge in [-0.15, -0.1) is 0 Å². The van der Waals surface area contributed by atoms with E-state index in [-0.39, 0.29) is 11.8 Å². The minimum Gasteiger partial charge on any atom is -0.480 e. The second-order valence-corrected chi connectivity index (χ2v) is 5.62. The summed E-state index contributed by atoms with van der Waals surface area (Å²) in [7, 11) is 0. The van der Waals surface area contributed by atoms with Gasteiger partial charge >= 0.3 is 11.7 Å². The van der Waals surface area contributed by atoms with Crippen LogP contribution in [0.2, 0.25) is 0 Å². The van der Waals surface area contributed by atoms with E-state index in [1.165, 1.54) is 0 Å². The molecule has 0 aliphatic heterocycles. The Morgan fingerprint density at radius 2 is 2.00 bits per heavy atom. The van der Waals surface area contributed by atoms with Gasteiger partial charge in [-0.1, -0.05) is 19.3 Å². The van der Waals surface area contributed by atoms with Gasteiger partial charge in [0.25, 0.3) is 5.56 Å². The van der Waals surface area contributed by atoms with Crippen LogP contribution in [0.15, 0.2) is 15.8 Å². The van der Waals surface area contributed by atoms with Crippen LogP contribution < -0.4 is 16.6 Å². The number of carbonyl (C=O) groups is 2. The molecule has 0 spiro atoms. The molecular weight excluding hydrogens is 309 g/mol. The largest absolute Gasteiger partial charge is 0.480 e. The van der Waals surface area contributed by atoms with Crippen LogP contribution in [0.1, 0.15) is 32.1 Å². The number of hydrogen-bond donors (Lipinski definition) is 3. The summed E-state index contributed by atoms with van der Waals surface area (Å²) < 4.78 is 13.9. The number of aromatic amines is 1. The minimum atomic E-state index is -1.38. The fourth-order valence-corrected chi connectivity index (χ4v) is 2.65. The molecule has 1 aromatic rings. The van der Waals surface area contributed by atoms with Crippen LogP contribution in [-0.4, -0.2) is 32.6 Å². The zero-order chi connectivity index (χ0) is 17.0. The highest BCUT2D eigenvalue weighted by molar-refractivity contribution is 5.84. The third-order valence-corrected chi connectivity index (χ3v) is 3.94. The Hall–Kier alpha value is -2.45. The Morgan fingerprint density at radius 3 is 2.61 bits per heavy atom. The summed E-state index contributed by atoms with van der Waals surface area (Å²) >= 11 is 0. The number of aliphatic carboxylic acids is 1. The Balaban J connectivity index is 2.11. The van der Waals surface area contributed by atoms with E-state index in [4.69, 9.17) is 0 Å². The molecule has 0 aromatic carbocycles. The lowest BCUT2D eigenvalue weighted by molar-refractivity contribution is -0.143. The molecule has 0 radical (unpaired) electrons. The van der Waals surface area contributed by atoms with E-state index in [9.17, 15) is 28.7 Å². The highest BCUT2D eigenvalue weighted by atomic mass is 19.1. The summed E-state index contributed by atoms with van der Waals surface area (Å²) in [6.07, 6.45) is 4.92. The molecule has 8 nitrogen and oxygen atoms in total. The maximum Gasteiger partial charge on any atom is 0.328 e. The van der Waals surface area contributed by atoms with E-state index in [1.807, 2.05) is 0 Å². The molecule has 1 aliphatic rings. The Kier molecular flexibility index (Phi) is 5.30. The molecule has 1 aromatic heterocycles. The molecule has 0 bridgehead atoms. The molecule has 3 N–H and O–H groups in total. The summed E-state index contributed by atoms with van der Waals surface area (Å²) in [5.41, 5.74) is -2.11. The molecule has 1 amide bonds. The maximum absolute atomic E-state index is 13.2. The first-order valence-electron chi connectivity index (χ1n) is 7.41. The fourth-order valence-electron chi connectivity index (χ4n) is 2.65. The maximum atomic E-state index is 13.2. The van der Waals surface area contributed by atoms with Crippen molar-refractivity contribution in [3.05, 3.63) is 32.9 Å². The highest BCUT2D eigenvalue weighted by Gasteiger charge is 2.27. The van der Waals surface area contributed by atoms with E-state index < -0.39 is 35.6 Å². The predicted molar refractivity (Wildman–Crippen MR) is 77.4 cm³/mol. The summed E-state index contributed by atoms with van der Waals surface area (Å²) in [6.45, 7) is -0.472. The van der Waals surface area contributed by atoms with Gasteiger partial charge < -0.3 is 10.4 Å². The Bertz CT molecular complexity index is 705. The Morgan fingerprint density at radius 1 is 1.35 bits per heavy atom. The van der Waals surface area contributed by atoms with Gasteiger partial charge in [0, 0.05) is 5.92 Å². The molecular formula is C14H18FN3O5. The zero-order valence-corrected chi connectivity index (χ0v) is 12.4. The number of carboxylic acids is 1. The normalized spacial score (nSPS) is 16.7. The first-order chi connectivity index (χ1) is 10.9. The Labute approximate surface area is 130 Å². The van der Waals surface area contributed by atoms with Crippen LogP contribution >= 0.6 is 0 Å². The monoisotopic (exact) mass is 327 g/mol. The first kappa shape index (κ1) is 16.9. The van der Waals surface area contributed by atoms with Crippen molar-refractivity contribution in [2.24, 2.45) is 5.92 Å². The standard InChI is InChI=1S/C14H18FN3O5/c15-9-6-18(14(23)17-12(9)20)7-10(13(21)22)16-11(19)8-4-2-1-3-5-8/h6,8,10H,1-5,7H2,(H,16,19)(H,21,22)(H,17,20,23)/t10-/m0/s1. The van der Waals surface area contributed by atoms with Gasteiger partial charge in [-0.2, -0.15) is 4.39 Å². The molecule has 0 saturated heterocycles. The smallest absolute Gasteiger partial charge is 0.328 e. The van der Waals surface area contributed by atoms with Crippen LogP contribution in [0, 0.1) is 11.7 Å². The molecule has 2 rings (SSSR count). The van der Waals surface area contributed by atoms with Gasteiger partial charge in [0.05, 0.1) is 12.7 Å². The number of carbonyl (C=O) groups excluding carboxylic acids is 1. The van der Waals surface area contributed by atoms with Crippen molar-refractivity contribution in [1.82, 2.24) is 14.9 Å². The van der Waals surface area contributed by atoms with Crippen molar-refractivity contribution in [2.75, 3.05) is 0 Å². The SMILES string of the molecule is O=C(N[C@@H](Cn1cc(F)c(=O)[nH]c1=O)C(=O)O)C1CCCCC1. The lowest BCUT2D eigenvalue weighted by Crippen LogP contribution is -2.48. The average Bonchev–Trinajstić information content (AvgIpc) is 2.52. The fraction of sp³-hybridized carbons (Fsp3) is 0.571. The van der Waals surface area contributed by atoms with Crippen molar-refractivity contribution >= 4 is 11.9 Å². The quantitative estimate of drug-likeness (QED) is 0.693. The highest BCUT2D eigenvalue weighted by Crippen LogP contribution is 2.23. The third kappa shape index (κ3) is 4.27. The molecule has 126 valence electrons. The molecule has 1 atom stereocenters. The van der Waals surface area contributed by atoms with Crippen molar-refractivity contribution in [1.29, 1.82) is 0 Å². The molecule has 9 heteroatoms. The second kappa shape index (κ2) is 7.21. The molecule has 1 aliphatic carbocycles. The number of aromatic nitrogens is 2. The van der Waals surface area contributed by atoms with Gasteiger partial charge in [-0.3, -0.25) is 19.1 Å². The number of rotatable bonds is 5. The minimum absolute atomic E-state index is 0.241. The number of halogens is 1. The second-order valence-electron chi connectivity index (χ2n) is 5.62. The number of hydrogen-bond acceptors (Lipinski definition) is 4. The van der Waals surface area contributed by atoms with E-state index in [0.29, 0.717) is 19.0 Å². The van der Waals surface area contributed by atoms with Crippen molar-refractivity contribution in [3.8, 4) is 0 Å². The van der Waals surface area contributed by atoms with E-state index in [1.54, 1.807) is 4.98 Å². The molecule has 0 unspecified atom stereocenters. The summed E-state index contributed by atoms with van der Waals surface area (Å²) in [5, 5.41) is 11.6. The summed E-state index contributed by atoms with van der Waals surface area (Å²) in [6, 6.07) is -1.38. The molecule has 1 fully saturated rings. The number of H-pyrrole nitrogens is 1. The molecule has 23 heavy (non-hydrogen) atoms. The zero-order valence-electron chi connectivity index (χ0n) is 12.4. The average molecular weight is 327 g/mol. The summed E-state index contributed by atoms with van der Waals surface area (Å²) in [4.78, 5) is 47.7. The van der Waals surface area contributed by atoms with Crippen molar-refractivity contribution < 1.29 is 19.1 Å². The third-order valence-electron chi connectivity index (χ3n) is 3.94. The van der Waals surface area contributed by atoms with Crippen molar-refractivity contribution in [2.45, 2.75) is 44.7 Å². The lowest BCUT2D eigenvalue weighted by Gasteiger charge is -2.23. The molecule has 1 heterocycles. The van der Waals surface area contributed by atoms with Crippen LogP contribution in [-0.2, 0) is 16.1 Å². The van der Waals surface area contributed by atoms with Gasteiger partial charge in [0.15, 0.2) is 0 Å². The van der Waals surface area contributed by atoms with Crippen LogP contribution in [0.25, 0.3) is 0 Å². The van der Waals surface area contributed by atoms with E-state index >= 15 is 0 Å². The topological polar surface area (TPSA) is 121 Å². The van der Waals surface area contributed by atoms with Gasteiger partial charge in [-0.05, 0) is 12.8 Å².